The van der Waals surface area contributed by atoms with Crippen LogP contribution in [-0.2, 0) is 6.54 Å². The second-order valence-corrected chi connectivity index (χ2v) is 5.21. The molecule has 0 heterocycles. The van der Waals surface area contributed by atoms with Gasteiger partial charge in [-0.2, -0.15) is 0 Å². The molecule has 122 valence electrons. The number of halogens is 2. The largest absolute Gasteiger partial charge is 0.357 e. The zero-order valence-electron chi connectivity index (χ0n) is 13.3. The maximum atomic E-state index is 13.7. The van der Waals surface area contributed by atoms with Gasteiger partial charge in [0.2, 0.25) is 0 Å². The van der Waals surface area contributed by atoms with Gasteiger partial charge in [-0.3, -0.25) is 0 Å². The second kappa shape index (κ2) is 8.27. The molecule has 0 aliphatic heterocycles. The summed E-state index contributed by atoms with van der Waals surface area (Å²) in [6.07, 6.45) is 0. The van der Waals surface area contributed by atoms with Gasteiger partial charge in [0.05, 0.1) is 12.6 Å². The van der Waals surface area contributed by atoms with Crippen LogP contribution in [0.25, 0.3) is 0 Å². The minimum atomic E-state index is -0.466. The third kappa shape index (κ3) is 5.06. The first-order valence-corrected chi connectivity index (χ1v) is 7.64. The van der Waals surface area contributed by atoms with Crippen molar-refractivity contribution in [1.82, 2.24) is 10.6 Å². The van der Waals surface area contributed by atoms with Crippen molar-refractivity contribution in [1.29, 1.82) is 0 Å². The van der Waals surface area contributed by atoms with Crippen molar-refractivity contribution in [2.24, 2.45) is 4.99 Å². The standard InChI is InChI=1S/C18H21F2N3/c1-3-21-18(23-13(2)14-7-5-4-6-8-14)22-12-15-11-16(19)9-10-17(15)20/h4-11,13H,3,12H2,1-2H3,(H2,21,22,23). The molecule has 0 radical (unpaired) electrons. The van der Waals surface area contributed by atoms with E-state index in [0.29, 0.717) is 12.5 Å². The number of aliphatic imine (C=N–C) groups is 1. The highest BCUT2D eigenvalue weighted by Crippen LogP contribution is 2.12. The number of nitrogens with one attached hydrogen (secondary N) is 2. The van der Waals surface area contributed by atoms with E-state index in [0.717, 1.165) is 17.7 Å². The van der Waals surface area contributed by atoms with Gasteiger partial charge < -0.3 is 10.6 Å². The Morgan fingerprint density at radius 2 is 1.87 bits per heavy atom. The topological polar surface area (TPSA) is 36.4 Å². The number of guanidine groups is 1. The SMILES string of the molecule is CCNC(=NCc1cc(F)ccc1F)NC(C)c1ccccc1. The van der Waals surface area contributed by atoms with E-state index in [-0.39, 0.29) is 18.2 Å². The van der Waals surface area contributed by atoms with E-state index in [4.69, 9.17) is 0 Å². The van der Waals surface area contributed by atoms with E-state index < -0.39 is 11.6 Å². The van der Waals surface area contributed by atoms with Crippen molar-refractivity contribution in [3.05, 3.63) is 71.3 Å². The average Bonchev–Trinajstić information content (AvgIpc) is 2.56. The molecule has 0 aliphatic rings. The van der Waals surface area contributed by atoms with Crippen molar-refractivity contribution < 1.29 is 8.78 Å². The van der Waals surface area contributed by atoms with Gasteiger partial charge in [0.15, 0.2) is 5.96 Å². The maximum Gasteiger partial charge on any atom is 0.192 e. The minimum absolute atomic E-state index is 0.0476. The molecule has 2 N–H and O–H groups in total. The molecular formula is C18H21F2N3. The molecule has 0 aliphatic carbocycles. The van der Waals surface area contributed by atoms with Crippen LogP contribution in [0.3, 0.4) is 0 Å². The van der Waals surface area contributed by atoms with E-state index in [1.165, 1.54) is 6.07 Å². The van der Waals surface area contributed by atoms with Gasteiger partial charge in [-0.25, -0.2) is 13.8 Å². The van der Waals surface area contributed by atoms with E-state index in [2.05, 4.69) is 15.6 Å². The molecule has 1 atom stereocenters. The van der Waals surface area contributed by atoms with Gasteiger partial charge >= 0.3 is 0 Å². The van der Waals surface area contributed by atoms with Crippen LogP contribution < -0.4 is 10.6 Å². The third-order valence-electron chi connectivity index (χ3n) is 3.41. The molecule has 1 unspecified atom stereocenters. The van der Waals surface area contributed by atoms with E-state index >= 15 is 0 Å². The Labute approximate surface area is 135 Å². The Hall–Kier alpha value is -2.43. The zero-order valence-corrected chi connectivity index (χ0v) is 13.3. The van der Waals surface area contributed by atoms with Gasteiger partial charge in [-0.15, -0.1) is 0 Å². The molecule has 0 amide bonds. The average molecular weight is 317 g/mol. The Bertz CT molecular complexity index is 657. The first-order valence-electron chi connectivity index (χ1n) is 7.64. The predicted molar refractivity (Wildman–Crippen MR) is 89.2 cm³/mol. The van der Waals surface area contributed by atoms with Gasteiger partial charge in [0, 0.05) is 12.1 Å². The maximum absolute atomic E-state index is 13.7. The Morgan fingerprint density at radius 1 is 1.13 bits per heavy atom. The number of rotatable bonds is 5. The van der Waals surface area contributed by atoms with Crippen LogP contribution in [0.5, 0.6) is 0 Å². The van der Waals surface area contributed by atoms with E-state index in [1.807, 2.05) is 44.2 Å². The molecule has 23 heavy (non-hydrogen) atoms. The highest BCUT2D eigenvalue weighted by atomic mass is 19.1. The van der Waals surface area contributed by atoms with Crippen LogP contribution in [0.2, 0.25) is 0 Å². The fourth-order valence-electron chi connectivity index (χ4n) is 2.18. The van der Waals surface area contributed by atoms with Crippen LogP contribution in [-0.4, -0.2) is 12.5 Å². The molecule has 2 aromatic rings. The predicted octanol–water partition coefficient (Wildman–Crippen LogP) is 3.78. The highest BCUT2D eigenvalue weighted by molar-refractivity contribution is 5.80. The highest BCUT2D eigenvalue weighted by Gasteiger charge is 2.08. The van der Waals surface area contributed by atoms with Crippen molar-refractivity contribution >= 4 is 5.96 Å². The lowest BCUT2D eigenvalue weighted by Gasteiger charge is -2.18. The summed E-state index contributed by atoms with van der Waals surface area (Å²) in [6.45, 7) is 4.72. The normalized spacial score (nSPS) is 12.8. The Balaban J connectivity index is 2.09. The summed E-state index contributed by atoms with van der Waals surface area (Å²) in [5.41, 5.74) is 1.35. The lowest BCUT2D eigenvalue weighted by atomic mass is 10.1. The van der Waals surface area contributed by atoms with Crippen molar-refractivity contribution in [2.45, 2.75) is 26.4 Å². The third-order valence-corrected chi connectivity index (χ3v) is 3.41. The van der Waals surface area contributed by atoms with E-state index in [9.17, 15) is 8.78 Å². The summed E-state index contributed by atoms with van der Waals surface area (Å²) in [5.74, 6) is -0.359. The van der Waals surface area contributed by atoms with Crippen LogP contribution >= 0.6 is 0 Å². The smallest absolute Gasteiger partial charge is 0.192 e. The zero-order chi connectivity index (χ0) is 16.7. The number of benzene rings is 2. The Morgan fingerprint density at radius 3 is 2.57 bits per heavy atom. The molecule has 0 fully saturated rings. The lowest BCUT2D eigenvalue weighted by Crippen LogP contribution is -2.38. The number of hydrogen-bond donors (Lipinski definition) is 2. The number of hydrogen-bond acceptors (Lipinski definition) is 1. The molecular weight excluding hydrogens is 296 g/mol. The summed E-state index contributed by atoms with van der Waals surface area (Å²) in [5, 5.41) is 6.37. The summed E-state index contributed by atoms with van der Waals surface area (Å²) in [4.78, 5) is 4.34. The molecule has 3 nitrogen and oxygen atoms in total. The first-order chi connectivity index (χ1) is 11.1. The Kier molecular flexibility index (Phi) is 6.09. The lowest BCUT2D eigenvalue weighted by molar-refractivity contribution is 0.585. The molecule has 5 heteroatoms. The van der Waals surface area contributed by atoms with Gasteiger partial charge in [-0.05, 0) is 37.6 Å². The first kappa shape index (κ1) is 16.9. The quantitative estimate of drug-likeness (QED) is 0.650. The molecule has 0 aromatic heterocycles. The van der Waals surface area contributed by atoms with Crippen molar-refractivity contribution in [3.8, 4) is 0 Å². The van der Waals surface area contributed by atoms with Crippen molar-refractivity contribution in [3.63, 3.8) is 0 Å². The van der Waals surface area contributed by atoms with Crippen LogP contribution in [0.15, 0.2) is 53.5 Å². The van der Waals surface area contributed by atoms with Crippen LogP contribution in [0.1, 0.15) is 31.0 Å². The fourth-order valence-corrected chi connectivity index (χ4v) is 2.18. The monoisotopic (exact) mass is 317 g/mol. The van der Waals surface area contributed by atoms with Crippen LogP contribution in [0.4, 0.5) is 8.78 Å². The molecule has 2 rings (SSSR count). The van der Waals surface area contributed by atoms with Gasteiger partial charge in [0.1, 0.15) is 11.6 Å². The summed E-state index contributed by atoms with van der Waals surface area (Å²) in [7, 11) is 0. The summed E-state index contributed by atoms with van der Waals surface area (Å²) in [6, 6.07) is 13.4. The number of nitrogens with zero attached hydrogens (tertiary/aromatic N) is 1. The van der Waals surface area contributed by atoms with E-state index in [1.54, 1.807) is 0 Å². The second-order valence-electron chi connectivity index (χ2n) is 5.21. The molecule has 0 saturated carbocycles. The minimum Gasteiger partial charge on any atom is -0.357 e. The summed E-state index contributed by atoms with van der Waals surface area (Å²) < 4.78 is 26.9. The summed E-state index contributed by atoms with van der Waals surface area (Å²) >= 11 is 0. The molecule has 0 spiro atoms. The van der Waals surface area contributed by atoms with Crippen molar-refractivity contribution in [2.75, 3.05) is 6.54 Å². The molecule has 0 saturated heterocycles. The van der Waals surface area contributed by atoms with Gasteiger partial charge in [0.25, 0.3) is 0 Å². The molecule has 2 aromatic carbocycles. The van der Waals surface area contributed by atoms with Crippen LogP contribution in [0, 0.1) is 11.6 Å². The molecule has 0 bridgehead atoms. The fraction of sp³-hybridized carbons (Fsp3) is 0.278. The van der Waals surface area contributed by atoms with Gasteiger partial charge in [-0.1, -0.05) is 30.3 Å².